The third kappa shape index (κ3) is 4.24. The van der Waals surface area contributed by atoms with E-state index in [1.54, 1.807) is 41.3 Å². The summed E-state index contributed by atoms with van der Waals surface area (Å²) >= 11 is 3.35. The maximum atomic E-state index is 13.0. The lowest BCUT2D eigenvalue weighted by Crippen LogP contribution is -2.29. The fourth-order valence-corrected chi connectivity index (χ4v) is 3.31. The van der Waals surface area contributed by atoms with Crippen molar-refractivity contribution in [3.05, 3.63) is 52.0 Å². The molecule has 6 nitrogen and oxygen atoms in total. The van der Waals surface area contributed by atoms with Gasteiger partial charge in [0.1, 0.15) is 0 Å². The van der Waals surface area contributed by atoms with Crippen LogP contribution in [0.4, 0.5) is 5.69 Å². The zero-order valence-electron chi connectivity index (χ0n) is 15.3. The van der Waals surface area contributed by atoms with Crippen LogP contribution in [0.3, 0.4) is 0 Å². The van der Waals surface area contributed by atoms with Crippen LogP contribution < -0.4 is 14.8 Å². The van der Waals surface area contributed by atoms with Gasteiger partial charge in [-0.15, -0.1) is 0 Å². The van der Waals surface area contributed by atoms with E-state index in [0.29, 0.717) is 41.4 Å². The molecule has 1 saturated heterocycles. The highest BCUT2D eigenvalue weighted by atomic mass is 79.9. The number of methoxy groups -OCH3 is 2. The van der Waals surface area contributed by atoms with Crippen molar-refractivity contribution in [2.45, 2.75) is 12.8 Å². The summed E-state index contributed by atoms with van der Waals surface area (Å²) in [4.78, 5) is 27.4. The highest BCUT2D eigenvalue weighted by Gasteiger charge is 2.25. The number of likely N-dealkylation sites (tertiary alicyclic amines) is 1. The molecule has 7 heteroatoms. The Morgan fingerprint density at radius 3 is 2.19 bits per heavy atom. The first-order chi connectivity index (χ1) is 13.0. The summed E-state index contributed by atoms with van der Waals surface area (Å²) in [7, 11) is 3.03. The normalized spacial score (nSPS) is 13.4. The van der Waals surface area contributed by atoms with Gasteiger partial charge in [0.25, 0.3) is 11.8 Å². The third-order valence-corrected chi connectivity index (χ3v) is 5.03. The van der Waals surface area contributed by atoms with E-state index in [1.807, 2.05) is 0 Å². The van der Waals surface area contributed by atoms with Gasteiger partial charge >= 0.3 is 0 Å². The molecular formula is C20H21BrN2O4. The quantitative estimate of drug-likeness (QED) is 0.776. The highest BCUT2D eigenvalue weighted by molar-refractivity contribution is 9.10. The van der Waals surface area contributed by atoms with E-state index in [1.165, 1.54) is 14.2 Å². The van der Waals surface area contributed by atoms with Crippen LogP contribution in [0.1, 0.15) is 33.6 Å². The smallest absolute Gasteiger partial charge is 0.256 e. The number of rotatable bonds is 5. The molecule has 0 unspecified atom stereocenters. The number of benzene rings is 2. The van der Waals surface area contributed by atoms with Crippen molar-refractivity contribution in [1.82, 2.24) is 4.90 Å². The molecule has 1 aliphatic rings. The van der Waals surface area contributed by atoms with E-state index in [2.05, 4.69) is 21.2 Å². The Kier molecular flexibility index (Phi) is 6.01. The molecule has 2 amide bonds. The lowest BCUT2D eigenvalue weighted by molar-refractivity contribution is 0.0793. The SMILES string of the molecule is COc1cc(NC(=O)c2ccc(Br)cc2)c(C(=O)N2CCCC2)cc1OC. The van der Waals surface area contributed by atoms with E-state index >= 15 is 0 Å². The summed E-state index contributed by atoms with van der Waals surface area (Å²) in [6, 6.07) is 10.2. The second kappa shape index (κ2) is 8.43. The van der Waals surface area contributed by atoms with Gasteiger partial charge in [-0.3, -0.25) is 9.59 Å². The number of carbonyl (C=O) groups is 2. The van der Waals surface area contributed by atoms with Crippen molar-refractivity contribution in [3.8, 4) is 11.5 Å². The molecule has 2 aromatic rings. The second-order valence-corrected chi connectivity index (χ2v) is 7.13. The molecule has 1 fully saturated rings. The molecular weight excluding hydrogens is 412 g/mol. The number of amides is 2. The number of carbonyl (C=O) groups excluding carboxylic acids is 2. The minimum Gasteiger partial charge on any atom is -0.493 e. The highest BCUT2D eigenvalue weighted by Crippen LogP contribution is 2.34. The van der Waals surface area contributed by atoms with Crippen molar-refractivity contribution in [1.29, 1.82) is 0 Å². The Hall–Kier alpha value is -2.54. The first-order valence-electron chi connectivity index (χ1n) is 8.65. The number of nitrogens with zero attached hydrogens (tertiary/aromatic N) is 1. The van der Waals surface area contributed by atoms with Gasteiger partial charge in [-0.2, -0.15) is 0 Å². The number of ether oxygens (including phenoxy) is 2. The van der Waals surface area contributed by atoms with Crippen molar-refractivity contribution < 1.29 is 19.1 Å². The molecule has 0 aromatic heterocycles. The zero-order chi connectivity index (χ0) is 19.4. The van der Waals surface area contributed by atoms with Gasteiger partial charge in [0.2, 0.25) is 0 Å². The maximum absolute atomic E-state index is 13.0. The van der Waals surface area contributed by atoms with Crippen LogP contribution in [0.15, 0.2) is 40.9 Å². The average Bonchev–Trinajstić information content (AvgIpc) is 3.22. The standard InChI is InChI=1S/C20H21BrN2O4/c1-26-17-11-15(20(25)23-9-3-4-10-23)16(12-18(17)27-2)22-19(24)13-5-7-14(21)8-6-13/h5-8,11-12H,3-4,9-10H2,1-2H3,(H,22,24). The summed E-state index contributed by atoms with van der Waals surface area (Å²) < 4.78 is 11.6. The minimum absolute atomic E-state index is 0.125. The zero-order valence-corrected chi connectivity index (χ0v) is 16.8. The fourth-order valence-electron chi connectivity index (χ4n) is 3.05. The molecule has 2 aromatic carbocycles. The molecule has 0 saturated carbocycles. The number of halogens is 1. The van der Waals surface area contributed by atoms with Gasteiger partial charge in [-0.25, -0.2) is 0 Å². The van der Waals surface area contributed by atoms with Crippen molar-refractivity contribution in [2.75, 3.05) is 32.6 Å². The van der Waals surface area contributed by atoms with Gasteiger partial charge in [0, 0.05) is 29.2 Å². The molecule has 142 valence electrons. The van der Waals surface area contributed by atoms with Crippen molar-refractivity contribution >= 4 is 33.4 Å². The van der Waals surface area contributed by atoms with Crippen LogP contribution in [0, 0.1) is 0 Å². The Bertz CT molecular complexity index is 846. The Labute approximate surface area is 166 Å². The lowest BCUT2D eigenvalue weighted by Gasteiger charge is -2.20. The molecule has 0 aliphatic carbocycles. The monoisotopic (exact) mass is 432 g/mol. The van der Waals surface area contributed by atoms with Gasteiger partial charge < -0.3 is 19.7 Å². The molecule has 1 aliphatic heterocycles. The van der Waals surface area contributed by atoms with E-state index in [0.717, 1.165) is 17.3 Å². The minimum atomic E-state index is -0.301. The number of nitrogens with one attached hydrogen (secondary N) is 1. The van der Waals surface area contributed by atoms with E-state index in [-0.39, 0.29) is 11.8 Å². The van der Waals surface area contributed by atoms with Crippen LogP contribution in [0.5, 0.6) is 11.5 Å². The van der Waals surface area contributed by atoms with Gasteiger partial charge in [0.15, 0.2) is 11.5 Å². The summed E-state index contributed by atoms with van der Waals surface area (Å²) in [5.41, 5.74) is 1.28. The number of hydrogen-bond acceptors (Lipinski definition) is 4. The molecule has 0 radical (unpaired) electrons. The Morgan fingerprint density at radius 2 is 1.59 bits per heavy atom. The molecule has 0 atom stereocenters. The lowest BCUT2D eigenvalue weighted by atomic mass is 10.1. The number of hydrogen-bond donors (Lipinski definition) is 1. The predicted molar refractivity (Wildman–Crippen MR) is 107 cm³/mol. The Morgan fingerprint density at radius 1 is 1.00 bits per heavy atom. The van der Waals surface area contributed by atoms with Crippen LogP contribution in [-0.2, 0) is 0 Å². The van der Waals surface area contributed by atoms with Crippen LogP contribution in [-0.4, -0.2) is 44.0 Å². The van der Waals surface area contributed by atoms with Crippen molar-refractivity contribution in [2.24, 2.45) is 0 Å². The average molecular weight is 433 g/mol. The first-order valence-corrected chi connectivity index (χ1v) is 9.45. The van der Waals surface area contributed by atoms with Gasteiger partial charge in [-0.1, -0.05) is 15.9 Å². The van der Waals surface area contributed by atoms with Crippen molar-refractivity contribution in [3.63, 3.8) is 0 Å². The maximum Gasteiger partial charge on any atom is 0.256 e. The molecule has 0 spiro atoms. The molecule has 1 heterocycles. The molecule has 0 bridgehead atoms. The van der Waals surface area contributed by atoms with E-state index in [4.69, 9.17) is 9.47 Å². The number of anilines is 1. The molecule has 3 rings (SSSR count). The molecule has 1 N–H and O–H groups in total. The van der Waals surface area contributed by atoms with Crippen LogP contribution in [0.25, 0.3) is 0 Å². The van der Waals surface area contributed by atoms with Crippen LogP contribution in [0.2, 0.25) is 0 Å². The topological polar surface area (TPSA) is 67.9 Å². The first kappa shape index (κ1) is 19.2. The predicted octanol–water partition coefficient (Wildman–Crippen LogP) is 3.95. The summed E-state index contributed by atoms with van der Waals surface area (Å²) in [5.74, 6) is 0.466. The van der Waals surface area contributed by atoms with Crippen LogP contribution >= 0.6 is 15.9 Å². The summed E-state index contributed by atoms with van der Waals surface area (Å²) in [6.45, 7) is 1.43. The van der Waals surface area contributed by atoms with Gasteiger partial charge in [0.05, 0.1) is 25.5 Å². The van der Waals surface area contributed by atoms with Gasteiger partial charge in [-0.05, 0) is 43.2 Å². The van der Waals surface area contributed by atoms with E-state index < -0.39 is 0 Å². The summed E-state index contributed by atoms with van der Waals surface area (Å²) in [5, 5.41) is 2.84. The second-order valence-electron chi connectivity index (χ2n) is 6.21. The fraction of sp³-hybridized carbons (Fsp3) is 0.300. The summed E-state index contributed by atoms with van der Waals surface area (Å²) in [6.07, 6.45) is 1.97. The third-order valence-electron chi connectivity index (χ3n) is 4.50. The molecule has 27 heavy (non-hydrogen) atoms. The Balaban J connectivity index is 1.96. The largest absolute Gasteiger partial charge is 0.493 e. The van der Waals surface area contributed by atoms with E-state index in [9.17, 15) is 9.59 Å².